The monoisotopic (exact) mass is 236 g/mol. The number of benzene rings is 1. The molecule has 0 fully saturated rings. The number of nitrogens with zero attached hydrogens (tertiary/aromatic N) is 1. The van der Waals surface area contributed by atoms with Gasteiger partial charge in [0.2, 0.25) is 6.79 Å². The first-order valence-corrected chi connectivity index (χ1v) is 5.07. The van der Waals surface area contributed by atoms with Gasteiger partial charge in [-0.3, -0.25) is 4.79 Å². The first-order valence-electron chi connectivity index (χ1n) is 5.07. The van der Waals surface area contributed by atoms with E-state index in [0.717, 1.165) is 5.56 Å². The fourth-order valence-electron chi connectivity index (χ4n) is 1.26. The third-order valence-corrected chi connectivity index (χ3v) is 2.16. The van der Waals surface area contributed by atoms with Gasteiger partial charge in [0.15, 0.2) is 11.5 Å². The molecular formula is C11H12N2O4. The highest BCUT2D eigenvalue weighted by Gasteiger charge is 2.12. The first-order chi connectivity index (χ1) is 8.16. The minimum Gasteiger partial charge on any atom is -0.454 e. The molecule has 6 heteroatoms. The summed E-state index contributed by atoms with van der Waals surface area (Å²) in [6.07, 6.45) is 0.381. The van der Waals surface area contributed by atoms with Gasteiger partial charge < -0.3 is 14.6 Å². The molecule has 2 rings (SSSR count). The van der Waals surface area contributed by atoms with Crippen LogP contribution in [0, 0.1) is 0 Å². The van der Waals surface area contributed by atoms with Crippen LogP contribution in [0.25, 0.3) is 0 Å². The third-order valence-electron chi connectivity index (χ3n) is 2.16. The van der Waals surface area contributed by atoms with Crippen LogP contribution in [0.2, 0.25) is 0 Å². The lowest BCUT2D eigenvalue weighted by Crippen LogP contribution is -2.28. The van der Waals surface area contributed by atoms with Crippen molar-refractivity contribution in [1.82, 2.24) is 5.43 Å². The summed E-state index contributed by atoms with van der Waals surface area (Å²) in [6, 6.07) is 5.30. The van der Waals surface area contributed by atoms with Gasteiger partial charge in [-0.15, -0.1) is 0 Å². The highest BCUT2D eigenvalue weighted by atomic mass is 16.7. The second-order valence-electron chi connectivity index (χ2n) is 3.52. The molecular weight excluding hydrogens is 224 g/mol. The highest BCUT2D eigenvalue weighted by Crippen LogP contribution is 2.31. The number of fused-ring (bicyclic) bond motifs is 1. The summed E-state index contributed by atoms with van der Waals surface area (Å²) in [6.45, 7) is 1.58. The van der Waals surface area contributed by atoms with E-state index in [-0.39, 0.29) is 6.79 Å². The Hall–Kier alpha value is -2.08. The summed E-state index contributed by atoms with van der Waals surface area (Å²) < 4.78 is 10.4. The molecule has 0 spiro atoms. The molecule has 1 heterocycles. The van der Waals surface area contributed by atoms with E-state index in [1.807, 2.05) is 0 Å². The molecule has 0 bridgehead atoms. The quantitative estimate of drug-likeness (QED) is 0.582. The van der Waals surface area contributed by atoms with Crippen molar-refractivity contribution >= 4 is 12.1 Å². The molecule has 0 radical (unpaired) electrons. The summed E-state index contributed by atoms with van der Waals surface area (Å²) in [4.78, 5) is 11.0. The molecule has 0 aliphatic carbocycles. The number of nitrogens with one attached hydrogen (secondary N) is 1. The zero-order valence-corrected chi connectivity index (χ0v) is 9.21. The average Bonchev–Trinajstić information content (AvgIpc) is 2.75. The number of carbonyl (C=O) groups is 1. The molecule has 1 aliphatic heterocycles. The number of hydrogen-bond acceptors (Lipinski definition) is 5. The van der Waals surface area contributed by atoms with Crippen molar-refractivity contribution in [2.45, 2.75) is 13.0 Å². The van der Waals surface area contributed by atoms with E-state index in [0.29, 0.717) is 11.5 Å². The second kappa shape index (κ2) is 4.84. The van der Waals surface area contributed by atoms with Crippen molar-refractivity contribution in [1.29, 1.82) is 0 Å². The van der Waals surface area contributed by atoms with Crippen LogP contribution < -0.4 is 14.9 Å². The maximum atomic E-state index is 11.0. The zero-order valence-electron chi connectivity index (χ0n) is 9.21. The third kappa shape index (κ3) is 2.73. The molecule has 0 saturated heterocycles. The van der Waals surface area contributed by atoms with E-state index in [4.69, 9.17) is 14.6 Å². The van der Waals surface area contributed by atoms with Gasteiger partial charge >= 0.3 is 0 Å². The zero-order chi connectivity index (χ0) is 12.3. The molecule has 1 amide bonds. The largest absolute Gasteiger partial charge is 0.454 e. The normalized spacial score (nSPS) is 14.9. The van der Waals surface area contributed by atoms with E-state index < -0.39 is 12.0 Å². The Balaban J connectivity index is 1.99. The highest BCUT2D eigenvalue weighted by molar-refractivity contribution is 5.84. The molecule has 6 nitrogen and oxygen atoms in total. The lowest BCUT2D eigenvalue weighted by atomic mass is 10.2. The maximum Gasteiger partial charge on any atom is 0.268 e. The van der Waals surface area contributed by atoms with E-state index >= 15 is 0 Å². The van der Waals surface area contributed by atoms with E-state index in [1.54, 1.807) is 18.2 Å². The van der Waals surface area contributed by atoms with E-state index in [2.05, 4.69) is 10.5 Å². The number of aliphatic hydroxyl groups is 1. The molecule has 1 aromatic rings. The topological polar surface area (TPSA) is 80.2 Å². The minimum atomic E-state index is -1.08. The SMILES string of the molecule is CC(O)C(=O)N/N=C/c1ccc2c(c1)OCO2. The number of rotatable bonds is 3. The maximum absolute atomic E-state index is 11.0. The van der Waals surface area contributed by atoms with Crippen LogP contribution in [0.4, 0.5) is 0 Å². The van der Waals surface area contributed by atoms with Crippen molar-refractivity contribution in [2.24, 2.45) is 5.10 Å². The van der Waals surface area contributed by atoms with Gasteiger partial charge in [0, 0.05) is 0 Å². The predicted octanol–water partition coefficient (Wildman–Crippen LogP) is 0.246. The molecule has 1 unspecified atom stereocenters. The van der Waals surface area contributed by atoms with Crippen LogP contribution in [0.5, 0.6) is 11.5 Å². The second-order valence-corrected chi connectivity index (χ2v) is 3.52. The van der Waals surface area contributed by atoms with Crippen molar-refractivity contribution in [3.8, 4) is 11.5 Å². The van der Waals surface area contributed by atoms with E-state index in [9.17, 15) is 4.79 Å². The lowest BCUT2D eigenvalue weighted by Gasteiger charge is -2.01. The van der Waals surface area contributed by atoms with E-state index in [1.165, 1.54) is 13.1 Å². The van der Waals surface area contributed by atoms with Gasteiger partial charge in [-0.1, -0.05) is 0 Å². The molecule has 90 valence electrons. The minimum absolute atomic E-state index is 0.217. The Kier molecular flexibility index (Phi) is 3.24. The van der Waals surface area contributed by atoms with Crippen LogP contribution in [-0.4, -0.2) is 30.1 Å². The summed E-state index contributed by atoms with van der Waals surface area (Å²) in [7, 11) is 0. The smallest absolute Gasteiger partial charge is 0.268 e. The summed E-state index contributed by atoms with van der Waals surface area (Å²) in [5.74, 6) is 0.785. The molecule has 0 saturated carbocycles. The predicted molar refractivity (Wildman–Crippen MR) is 60.0 cm³/mol. The Bertz CT molecular complexity index is 457. The Morgan fingerprint density at radius 2 is 2.29 bits per heavy atom. The molecule has 2 N–H and O–H groups in total. The van der Waals surface area contributed by atoms with Gasteiger partial charge in [0.25, 0.3) is 5.91 Å². The van der Waals surface area contributed by atoms with Gasteiger partial charge in [-0.25, -0.2) is 5.43 Å². The summed E-state index contributed by atoms with van der Waals surface area (Å²) in [5.41, 5.74) is 2.97. The molecule has 1 aromatic carbocycles. The standard InChI is InChI=1S/C11H12N2O4/c1-7(14)11(15)13-12-5-8-2-3-9-10(4-8)17-6-16-9/h2-5,7,14H,6H2,1H3,(H,13,15)/b12-5+. The van der Waals surface area contributed by atoms with Gasteiger partial charge in [-0.2, -0.15) is 5.10 Å². The number of hydrogen-bond donors (Lipinski definition) is 2. The summed E-state index contributed by atoms with van der Waals surface area (Å²) >= 11 is 0. The Morgan fingerprint density at radius 1 is 1.53 bits per heavy atom. The van der Waals surface area contributed by atoms with Gasteiger partial charge in [-0.05, 0) is 30.7 Å². The number of amides is 1. The Labute approximate surface area is 97.8 Å². The molecule has 1 aliphatic rings. The number of aliphatic hydroxyl groups excluding tert-OH is 1. The Morgan fingerprint density at radius 3 is 3.06 bits per heavy atom. The van der Waals surface area contributed by atoms with Gasteiger partial charge in [0.05, 0.1) is 6.21 Å². The first kappa shape index (κ1) is 11.4. The number of ether oxygens (including phenoxy) is 2. The average molecular weight is 236 g/mol. The van der Waals surface area contributed by atoms with Crippen LogP contribution in [0.1, 0.15) is 12.5 Å². The fourth-order valence-corrected chi connectivity index (χ4v) is 1.26. The van der Waals surface area contributed by atoms with Crippen LogP contribution >= 0.6 is 0 Å². The summed E-state index contributed by atoms with van der Waals surface area (Å²) in [5, 5.41) is 12.6. The van der Waals surface area contributed by atoms with Crippen molar-refractivity contribution in [3.63, 3.8) is 0 Å². The molecule has 0 aromatic heterocycles. The fraction of sp³-hybridized carbons (Fsp3) is 0.273. The van der Waals surface area contributed by atoms with Crippen LogP contribution in [0.3, 0.4) is 0 Å². The van der Waals surface area contributed by atoms with Crippen molar-refractivity contribution in [2.75, 3.05) is 6.79 Å². The number of carbonyl (C=O) groups excluding carboxylic acids is 1. The molecule has 1 atom stereocenters. The number of hydrazone groups is 1. The van der Waals surface area contributed by atoms with Crippen molar-refractivity contribution in [3.05, 3.63) is 23.8 Å². The van der Waals surface area contributed by atoms with Crippen molar-refractivity contribution < 1.29 is 19.4 Å². The lowest BCUT2D eigenvalue weighted by molar-refractivity contribution is -0.128. The van der Waals surface area contributed by atoms with Crippen LogP contribution in [0.15, 0.2) is 23.3 Å². The van der Waals surface area contributed by atoms with Crippen LogP contribution in [-0.2, 0) is 4.79 Å². The molecule has 17 heavy (non-hydrogen) atoms. The van der Waals surface area contributed by atoms with Gasteiger partial charge in [0.1, 0.15) is 6.10 Å².